The van der Waals surface area contributed by atoms with Crippen molar-refractivity contribution in [1.82, 2.24) is 0 Å². The van der Waals surface area contributed by atoms with Gasteiger partial charge in [0.15, 0.2) is 0 Å². The van der Waals surface area contributed by atoms with Gasteiger partial charge in [0.1, 0.15) is 0 Å². The van der Waals surface area contributed by atoms with Crippen molar-refractivity contribution in [3.05, 3.63) is 59.2 Å². The van der Waals surface area contributed by atoms with Gasteiger partial charge in [-0.05, 0) is 61.7 Å². The standard InChI is InChI=1S/C16H19NS/c1-11-4-9-16(10-12(11)2)18-13(3)14-5-7-15(17)8-6-14/h4-10,13H,17H2,1-3H3. The van der Waals surface area contributed by atoms with Crippen molar-refractivity contribution in [2.75, 3.05) is 5.73 Å². The van der Waals surface area contributed by atoms with Crippen molar-refractivity contribution in [1.29, 1.82) is 0 Å². The van der Waals surface area contributed by atoms with E-state index in [0.717, 1.165) is 5.69 Å². The van der Waals surface area contributed by atoms with Crippen molar-refractivity contribution in [2.24, 2.45) is 0 Å². The van der Waals surface area contributed by atoms with Gasteiger partial charge >= 0.3 is 0 Å². The Kier molecular flexibility index (Phi) is 3.97. The molecule has 1 unspecified atom stereocenters. The van der Waals surface area contributed by atoms with E-state index in [9.17, 15) is 0 Å². The molecular formula is C16H19NS. The van der Waals surface area contributed by atoms with E-state index >= 15 is 0 Å². The molecule has 0 aliphatic carbocycles. The second-order valence-electron chi connectivity index (χ2n) is 4.67. The van der Waals surface area contributed by atoms with Gasteiger partial charge in [0.2, 0.25) is 0 Å². The van der Waals surface area contributed by atoms with Gasteiger partial charge in [-0.15, -0.1) is 11.8 Å². The fourth-order valence-corrected chi connectivity index (χ4v) is 2.92. The largest absolute Gasteiger partial charge is 0.399 e. The molecule has 2 aromatic rings. The highest BCUT2D eigenvalue weighted by Gasteiger charge is 2.07. The molecular weight excluding hydrogens is 238 g/mol. The molecule has 2 rings (SSSR count). The predicted molar refractivity (Wildman–Crippen MR) is 81.0 cm³/mol. The SMILES string of the molecule is Cc1ccc(SC(C)c2ccc(N)cc2)cc1C. The van der Waals surface area contributed by atoms with Gasteiger partial charge in [-0.1, -0.05) is 18.2 Å². The monoisotopic (exact) mass is 257 g/mol. The fourth-order valence-electron chi connectivity index (χ4n) is 1.83. The van der Waals surface area contributed by atoms with Crippen LogP contribution in [0, 0.1) is 13.8 Å². The first-order valence-corrected chi connectivity index (χ1v) is 7.03. The van der Waals surface area contributed by atoms with Gasteiger partial charge in [0, 0.05) is 15.8 Å². The lowest BCUT2D eigenvalue weighted by Crippen LogP contribution is -1.91. The van der Waals surface area contributed by atoms with Crippen molar-refractivity contribution in [3.63, 3.8) is 0 Å². The lowest BCUT2D eigenvalue weighted by molar-refractivity contribution is 1.09. The van der Waals surface area contributed by atoms with Gasteiger partial charge in [-0.3, -0.25) is 0 Å². The molecule has 0 saturated carbocycles. The average molecular weight is 257 g/mol. The summed E-state index contributed by atoms with van der Waals surface area (Å²) < 4.78 is 0. The third-order valence-electron chi connectivity index (χ3n) is 3.20. The molecule has 18 heavy (non-hydrogen) atoms. The zero-order valence-corrected chi connectivity index (χ0v) is 11.9. The maximum atomic E-state index is 5.71. The van der Waals surface area contributed by atoms with Gasteiger partial charge in [0.25, 0.3) is 0 Å². The number of rotatable bonds is 3. The Labute approximate surface area is 113 Å². The average Bonchev–Trinajstić information content (AvgIpc) is 2.34. The van der Waals surface area contributed by atoms with Crippen LogP contribution in [0.3, 0.4) is 0 Å². The summed E-state index contributed by atoms with van der Waals surface area (Å²) in [6.07, 6.45) is 0. The van der Waals surface area contributed by atoms with E-state index in [4.69, 9.17) is 5.73 Å². The Balaban J connectivity index is 2.13. The first kappa shape index (κ1) is 13.0. The molecule has 0 fully saturated rings. The molecule has 0 aliphatic rings. The maximum absolute atomic E-state index is 5.71. The molecule has 0 aromatic heterocycles. The van der Waals surface area contributed by atoms with Gasteiger partial charge in [-0.25, -0.2) is 0 Å². The van der Waals surface area contributed by atoms with E-state index < -0.39 is 0 Å². The van der Waals surface area contributed by atoms with Crippen LogP contribution in [0.1, 0.15) is 28.9 Å². The number of nitrogen functional groups attached to an aromatic ring is 1. The number of hydrogen-bond acceptors (Lipinski definition) is 2. The van der Waals surface area contributed by atoms with Crippen LogP contribution in [0.15, 0.2) is 47.4 Å². The highest BCUT2D eigenvalue weighted by molar-refractivity contribution is 7.99. The first-order valence-electron chi connectivity index (χ1n) is 6.15. The zero-order chi connectivity index (χ0) is 13.1. The molecule has 1 atom stereocenters. The van der Waals surface area contributed by atoms with E-state index in [-0.39, 0.29) is 0 Å². The highest BCUT2D eigenvalue weighted by atomic mass is 32.2. The van der Waals surface area contributed by atoms with E-state index in [0.29, 0.717) is 5.25 Å². The van der Waals surface area contributed by atoms with Gasteiger partial charge < -0.3 is 5.73 Å². The minimum atomic E-state index is 0.438. The van der Waals surface area contributed by atoms with E-state index in [1.54, 1.807) is 0 Å². The van der Waals surface area contributed by atoms with Crippen LogP contribution >= 0.6 is 11.8 Å². The molecule has 0 saturated heterocycles. The van der Waals surface area contributed by atoms with Crippen LogP contribution in [0.4, 0.5) is 5.69 Å². The number of hydrogen-bond donors (Lipinski definition) is 1. The van der Waals surface area contributed by atoms with Crippen molar-refractivity contribution >= 4 is 17.4 Å². The molecule has 2 aromatic carbocycles. The molecule has 0 spiro atoms. The Morgan fingerprint density at radius 1 is 0.944 bits per heavy atom. The molecule has 0 heterocycles. The van der Waals surface area contributed by atoms with Crippen molar-refractivity contribution < 1.29 is 0 Å². The number of thioether (sulfide) groups is 1. The lowest BCUT2D eigenvalue weighted by atomic mass is 10.1. The van der Waals surface area contributed by atoms with Crippen LogP contribution in [-0.4, -0.2) is 0 Å². The molecule has 2 N–H and O–H groups in total. The normalized spacial score (nSPS) is 12.4. The quantitative estimate of drug-likeness (QED) is 0.635. The first-order chi connectivity index (χ1) is 8.56. The number of benzene rings is 2. The Morgan fingerprint density at radius 3 is 2.22 bits per heavy atom. The molecule has 94 valence electrons. The van der Waals surface area contributed by atoms with E-state index in [1.807, 2.05) is 23.9 Å². The Morgan fingerprint density at radius 2 is 1.61 bits per heavy atom. The Hall–Kier alpha value is -1.41. The van der Waals surface area contributed by atoms with E-state index in [2.05, 4.69) is 51.1 Å². The van der Waals surface area contributed by atoms with Gasteiger partial charge in [0.05, 0.1) is 0 Å². The minimum Gasteiger partial charge on any atom is -0.399 e. The molecule has 0 aliphatic heterocycles. The van der Waals surface area contributed by atoms with Crippen LogP contribution in [-0.2, 0) is 0 Å². The molecule has 0 bridgehead atoms. The molecule has 1 nitrogen and oxygen atoms in total. The highest BCUT2D eigenvalue weighted by Crippen LogP contribution is 2.35. The van der Waals surface area contributed by atoms with Crippen LogP contribution in [0.25, 0.3) is 0 Å². The molecule has 0 amide bonds. The third kappa shape index (κ3) is 3.08. The second-order valence-corrected chi connectivity index (χ2v) is 6.09. The number of anilines is 1. The minimum absolute atomic E-state index is 0.438. The van der Waals surface area contributed by atoms with E-state index in [1.165, 1.54) is 21.6 Å². The van der Waals surface area contributed by atoms with Crippen LogP contribution in [0.5, 0.6) is 0 Å². The second kappa shape index (κ2) is 5.49. The summed E-state index contributed by atoms with van der Waals surface area (Å²) in [6.45, 7) is 6.53. The van der Waals surface area contributed by atoms with Crippen LogP contribution < -0.4 is 5.73 Å². The summed E-state index contributed by atoms with van der Waals surface area (Å²) >= 11 is 1.88. The summed E-state index contributed by atoms with van der Waals surface area (Å²) in [6, 6.07) is 14.8. The fraction of sp³-hybridized carbons (Fsp3) is 0.250. The lowest BCUT2D eigenvalue weighted by Gasteiger charge is -2.13. The van der Waals surface area contributed by atoms with Crippen LogP contribution in [0.2, 0.25) is 0 Å². The summed E-state index contributed by atoms with van der Waals surface area (Å²) in [5.74, 6) is 0. The third-order valence-corrected chi connectivity index (χ3v) is 4.35. The Bertz CT molecular complexity index is 531. The number of aryl methyl sites for hydroxylation is 2. The number of nitrogens with two attached hydrogens (primary N) is 1. The molecule has 2 heteroatoms. The van der Waals surface area contributed by atoms with Crippen molar-refractivity contribution in [3.8, 4) is 0 Å². The van der Waals surface area contributed by atoms with Crippen molar-refractivity contribution in [2.45, 2.75) is 30.9 Å². The van der Waals surface area contributed by atoms with Gasteiger partial charge in [-0.2, -0.15) is 0 Å². The molecule has 0 radical (unpaired) electrons. The maximum Gasteiger partial charge on any atom is 0.0316 e. The predicted octanol–water partition coefficient (Wildman–Crippen LogP) is 4.74. The summed E-state index contributed by atoms with van der Waals surface area (Å²) in [4.78, 5) is 1.32. The smallest absolute Gasteiger partial charge is 0.0316 e. The zero-order valence-electron chi connectivity index (χ0n) is 11.1. The summed E-state index contributed by atoms with van der Waals surface area (Å²) in [5.41, 5.74) is 10.5. The summed E-state index contributed by atoms with van der Waals surface area (Å²) in [5, 5.41) is 0.438. The summed E-state index contributed by atoms with van der Waals surface area (Å²) in [7, 11) is 0. The topological polar surface area (TPSA) is 26.0 Å².